The topological polar surface area (TPSA) is 88.2 Å². The summed E-state index contributed by atoms with van der Waals surface area (Å²) in [5.41, 5.74) is 1.87. The van der Waals surface area contributed by atoms with Crippen molar-refractivity contribution in [2.75, 3.05) is 5.32 Å². The molecule has 4 rings (SSSR count). The molecule has 24 heavy (non-hydrogen) atoms. The van der Waals surface area contributed by atoms with E-state index in [0.717, 1.165) is 22.0 Å². The van der Waals surface area contributed by atoms with E-state index in [9.17, 15) is 4.79 Å². The molecule has 0 spiro atoms. The summed E-state index contributed by atoms with van der Waals surface area (Å²) in [5, 5.41) is 14.6. The number of oxazole rings is 1. The van der Waals surface area contributed by atoms with Gasteiger partial charge in [0.2, 0.25) is 0 Å². The smallest absolute Gasteiger partial charge is 0.306 e. The van der Waals surface area contributed by atoms with Crippen molar-refractivity contribution in [1.29, 1.82) is 0 Å². The van der Waals surface area contributed by atoms with Gasteiger partial charge in [-0.05, 0) is 25.0 Å². The van der Waals surface area contributed by atoms with Gasteiger partial charge in [0.05, 0.1) is 17.8 Å². The summed E-state index contributed by atoms with van der Waals surface area (Å²) in [7, 11) is 0. The van der Waals surface area contributed by atoms with Crippen LogP contribution in [0.15, 0.2) is 41.2 Å². The molecule has 2 N–H and O–H groups in total. The molecular weight excluding hydrogens is 306 g/mol. The van der Waals surface area contributed by atoms with Gasteiger partial charge in [-0.3, -0.25) is 9.78 Å². The molecule has 2 aromatic heterocycles. The molecule has 0 unspecified atom stereocenters. The second kappa shape index (κ2) is 5.63. The Morgan fingerprint density at radius 3 is 2.83 bits per heavy atom. The van der Waals surface area contributed by atoms with Crippen LogP contribution in [0.5, 0.6) is 0 Å². The number of hydrogen-bond acceptors (Lipinski definition) is 5. The molecule has 0 saturated heterocycles. The first-order chi connectivity index (χ1) is 11.6. The molecule has 1 aliphatic rings. The van der Waals surface area contributed by atoms with Crippen LogP contribution in [0.25, 0.3) is 22.1 Å². The number of carbonyl (C=O) groups is 1. The van der Waals surface area contributed by atoms with Gasteiger partial charge in [0.1, 0.15) is 0 Å². The van der Waals surface area contributed by atoms with Crippen molar-refractivity contribution in [2.45, 2.75) is 25.8 Å². The molecule has 6 heteroatoms. The molecule has 122 valence electrons. The molecule has 3 aromatic rings. The van der Waals surface area contributed by atoms with Gasteiger partial charge in [-0.15, -0.1) is 0 Å². The average molecular weight is 323 g/mol. The van der Waals surface area contributed by atoms with E-state index in [0.29, 0.717) is 24.5 Å². The first-order valence-electron chi connectivity index (χ1n) is 7.90. The van der Waals surface area contributed by atoms with Crippen LogP contribution in [0, 0.1) is 12.8 Å². The van der Waals surface area contributed by atoms with Crippen LogP contribution in [0.1, 0.15) is 18.7 Å². The number of nitrogens with zero attached hydrogens (tertiary/aromatic N) is 2. The van der Waals surface area contributed by atoms with E-state index in [1.165, 1.54) is 0 Å². The second-order valence-electron chi connectivity index (χ2n) is 6.18. The molecule has 1 saturated carbocycles. The maximum absolute atomic E-state index is 11.0. The predicted molar refractivity (Wildman–Crippen MR) is 89.7 cm³/mol. The van der Waals surface area contributed by atoms with E-state index >= 15 is 0 Å². The normalized spacial score (nSPS) is 19.9. The molecule has 0 bridgehead atoms. The zero-order valence-corrected chi connectivity index (χ0v) is 13.2. The fraction of sp³-hybridized carbons (Fsp3) is 0.278. The number of benzene rings is 1. The highest BCUT2D eigenvalue weighted by Crippen LogP contribution is 2.38. The number of aliphatic carboxylic acids is 1. The van der Waals surface area contributed by atoms with Crippen LogP contribution in [0.2, 0.25) is 0 Å². The third kappa shape index (κ3) is 2.50. The van der Waals surface area contributed by atoms with Crippen molar-refractivity contribution in [3.05, 3.63) is 42.7 Å². The molecule has 0 aliphatic heterocycles. The van der Waals surface area contributed by atoms with E-state index in [4.69, 9.17) is 9.52 Å². The van der Waals surface area contributed by atoms with Crippen LogP contribution < -0.4 is 5.32 Å². The zero-order valence-electron chi connectivity index (χ0n) is 13.2. The number of fused-ring (bicyclic) bond motifs is 1. The minimum Gasteiger partial charge on any atom is -0.481 e. The minimum atomic E-state index is -0.721. The number of carboxylic acids is 1. The number of aryl methyl sites for hydroxylation is 1. The van der Waals surface area contributed by atoms with Crippen LogP contribution in [0.3, 0.4) is 0 Å². The van der Waals surface area contributed by atoms with E-state index < -0.39 is 5.97 Å². The van der Waals surface area contributed by atoms with Gasteiger partial charge < -0.3 is 14.8 Å². The average Bonchev–Trinajstić information content (AvgIpc) is 2.96. The van der Waals surface area contributed by atoms with Crippen molar-refractivity contribution in [3.63, 3.8) is 0 Å². The lowest BCUT2D eigenvalue weighted by Crippen LogP contribution is -2.39. The predicted octanol–water partition coefficient (Wildman–Crippen LogP) is 3.47. The highest BCUT2D eigenvalue weighted by Gasteiger charge is 2.35. The Labute approximate surface area is 138 Å². The summed E-state index contributed by atoms with van der Waals surface area (Å²) in [4.78, 5) is 19.4. The third-order valence-corrected chi connectivity index (χ3v) is 4.54. The summed E-state index contributed by atoms with van der Waals surface area (Å²) < 4.78 is 5.69. The van der Waals surface area contributed by atoms with Crippen LogP contribution in [-0.2, 0) is 4.79 Å². The molecule has 6 nitrogen and oxygen atoms in total. The number of rotatable bonds is 4. The van der Waals surface area contributed by atoms with Crippen molar-refractivity contribution in [3.8, 4) is 11.3 Å². The molecule has 1 fully saturated rings. The summed E-state index contributed by atoms with van der Waals surface area (Å²) in [6, 6.07) is 6.09. The van der Waals surface area contributed by atoms with E-state index in [1.54, 1.807) is 12.4 Å². The first-order valence-corrected chi connectivity index (χ1v) is 7.90. The van der Waals surface area contributed by atoms with Gasteiger partial charge in [-0.1, -0.05) is 6.07 Å². The number of pyridine rings is 1. The Morgan fingerprint density at radius 2 is 2.12 bits per heavy atom. The maximum atomic E-state index is 11.0. The van der Waals surface area contributed by atoms with Gasteiger partial charge in [-0.2, -0.15) is 0 Å². The number of nitrogens with one attached hydrogen (secondary N) is 1. The Bertz CT molecular complexity index is 913. The number of anilines is 1. The number of hydrogen-bond donors (Lipinski definition) is 2. The van der Waals surface area contributed by atoms with Gasteiger partial charge in [0.15, 0.2) is 11.7 Å². The Morgan fingerprint density at radius 1 is 1.29 bits per heavy atom. The molecular formula is C18H17N3O3. The van der Waals surface area contributed by atoms with Crippen molar-refractivity contribution in [2.24, 2.45) is 5.92 Å². The van der Waals surface area contributed by atoms with Gasteiger partial charge in [0.25, 0.3) is 0 Å². The monoisotopic (exact) mass is 323 g/mol. The van der Waals surface area contributed by atoms with Gasteiger partial charge >= 0.3 is 5.97 Å². The Kier molecular flexibility index (Phi) is 3.45. The number of aromatic nitrogens is 2. The van der Waals surface area contributed by atoms with Crippen LogP contribution in [-0.4, -0.2) is 27.1 Å². The molecule has 0 radical (unpaired) electrons. The van der Waals surface area contributed by atoms with Gasteiger partial charge in [0, 0.05) is 41.7 Å². The molecule has 2 heterocycles. The largest absolute Gasteiger partial charge is 0.481 e. The fourth-order valence-electron chi connectivity index (χ4n) is 3.16. The van der Waals surface area contributed by atoms with Crippen LogP contribution >= 0.6 is 0 Å². The summed E-state index contributed by atoms with van der Waals surface area (Å²) in [5.74, 6) is 0.333. The van der Waals surface area contributed by atoms with Crippen molar-refractivity contribution < 1.29 is 14.3 Å². The lowest BCUT2D eigenvalue weighted by molar-refractivity contribution is -0.144. The highest BCUT2D eigenvalue weighted by molar-refractivity contribution is 6.00. The molecule has 0 amide bonds. The second-order valence-corrected chi connectivity index (χ2v) is 6.18. The Hall–Kier alpha value is -2.89. The van der Waals surface area contributed by atoms with E-state index in [1.807, 2.05) is 31.3 Å². The Balaban J connectivity index is 1.74. The van der Waals surface area contributed by atoms with Gasteiger partial charge in [-0.25, -0.2) is 4.98 Å². The zero-order chi connectivity index (χ0) is 16.7. The lowest BCUT2D eigenvalue weighted by atomic mass is 9.80. The third-order valence-electron chi connectivity index (χ3n) is 4.54. The first kappa shape index (κ1) is 14.7. The SMILES string of the molecule is Cc1ncc(-c2ccc3cnccc3c2N[C@H]2C[C@@H](C(=O)O)C2)o1. The summed E-state index contributed by atoms with van der Waals surface area (Å²) in [6.45, 7) is 1.81. The maximum Gasteiger partial charge on any atom is 0.306 e. The summed E-state index contributed by atoms with van der Waals surface area (Å²) >= 11 is 0. The molecule has 1 aromatic carbocycles. The standard InChI is InChI=1S/C18H17N3O3/c1-10-20-9-16(24-10)15-3-2-11-8-19-5-4-14(11)17(15)21-13-6-12(7-13)18(22)23/h2-5,8-9,12-13,21H,6-7H2,1H3,(H,22,23)/t12-,13+. The van der Waals surface area contributed by atoms with Crippen LogP contribution in [0.4, 0.5) is 5.69 Å². The summed E-state index contributed by atoms with van der Waals surface area (Å²) in [6.07, 6.45) is 6.54. The fourth-order valence-corrected chi connectivity index (χ4v) is 3.16. The molecule has 0 atom stereocenters. The molecule has 1 aliphatic carbocycles. The van der Waals surface area contributed by atoms with Crippen molar-refractivity contribution >= 4 is 22.4 Å². The minimum absolute atomic E-state index is 0.146. The van der Waals surface area contributed by atoms with E-state index in [2.05, 4.69) is 15.3 Å². The quantitative estimate of drug-likeness (QED) is 0.764. The van der Waals surface area contributed by atoms with Crippen molar-refractivity contribution in [1.82, 2.24) is 9.97 Å². The van der Waals surface area contributed by atoms with E-state index in [-0.39, 0.29) is 12.0 Å². The number of carboxylic acid groups (broad SMARTS) is 1. The highest BCUT2D eigenvalue weighted by atomic mass is 16.4. The lowest BCUT2D eigenvalue weighted by Gasteiger charge is -2.34.